The van der Waals surface area contributed by atoms with Crippen LogP contribution in [0.4, 0.5) is 0 Å². The maximum absolute atomic E-state index is 10.6. The smallest absolute Gasteiger partial charge is 0.459 e. The van der Waals surface area contributed by atoms with Gasteiger partial charge in [0, 0.05) is 6.08 Å². The number of ether oxygens (including phenoxy) is 1. The molecule has 0 saturated carbocycles. The van der Waals surface area contributed by atoms with Crippen LogP contribution in [0.1, 0.15) is 13.3 Å². The SMILES string of the molecule is C=CC(=O)OCCC(C)([N+](=O)[O-])[N+](=O)[O-]. The van der Waals surface area contributed by atoms with Gasteiger partial charge >= 0.3 is 11.6 Å². The third-order valence-corrected chi connectivity index (χ3v) is 1.77. The highest BCUT2D eigenvalue weighted by molar-refractivity contribution is 5.81. The van der Waals surface area contributed by atoms with Crippen LogP contribution in [0.2, 0.25) is 0 Å². The van der Waals surface area contributed by atoms with Crippen LogP contribution in [-0.2, 0) is 9.53 Å². The zero-order valence-electron chi connectivity index (χ0n) is 8.04. The summed E-state index contributed by atoms with van der Waals surface area (Å²) in [5.41, 5.74) is -2.33. The molecule has 0 N–H and O–H groups in total. The zero-order chi connectivity index (χ0) is 12.1. The molecular weight excluding hydrogens is 208 g/mol. The van der Waals surface area contributed by atoms with Crippen LogP contribution in [0.25, 0.3) is 0 Å². The second-order valence-electron chi connectivity index (χ2n) is 2.85. The van der Waals surface area contributed by atoms with Crippen molar-refractivity contribution in [2.45, 2.75) is 19.0 Å². The van der Waals surface area contributed by atoms with E-state index >= 15 is 0 Å². The number of hydrogen-bond acceptors (Lipinski definition) is 6. The molecule has 0 amide bonds. The molecule has 8 heteroatoms. The summed E-state index contributed by atoms with van der Waals surface area (Å²) in [5, 5.41) is 20.8. The van der Waals surface area contributed by atoms with Gasteiger partial charge in [0.1, 0.15) is 13.0 Å². The molecule has 0 spiro atoms. The number of carbonyl (C=O) groups excluding carboxylic acids is 1. The largest absolute Gasteiger partial charge is 0.462 e. The van der Waals surface area contributed by atoms with Crippen molar-refractivity contribution < 1.29 is 19.4 Å². The lowest BCUT2D eigenvalue weighted by Crippen LogP contribution is -2.44. The summed E-state index contributed by atoms with van der Waals surface area (Å²) in [6.45, 7) is 3.56. The van der Waals surface area contributed by atoms with Gasteiger partial charge in [0.2, 0.25) is 0 Å². The van der Waals surface area contributed by atoms with Crippen LogP contribution in [0, 0.1) is 20.2 Å². The molecule has 0 rings (SSSR count). The second kappa shape index (κ2) is 5.03. The predicted octanol–water partition coefficient (Wildman–Crippen LogP) is 0.375. The zero-order valence-corrected chi connectivity index (χ0v) is 8.04. The van der Waals surface area contributed by atoms with Gasteiger partial charge in [-0.1, -0.05) is 6.58 Å². The maximum atomic E-state index is 10.6. The summed E-state index contributed by atoms with van der Waals surface area (Å²) in [5.74, 6) is -0.774. The Bertz CT molecular complexity index is 286. The molecule has 0 fully saturated rings. The summed E-state index contributed by atoms with van der Waals surface area (Å²) < 4.78 is 4.42. The number of carbonyl (C=O) groups is 1. The molecule has 0 unspecified atom stereocenters. The van der Waals surface area contributed by atoms with Crippen LogP contribution in [0.15, 0.2) is 12.7 Å². The normalized spacial score (nSPS) is 10.5. The van der Waals surface area contributed by atoms with Gasteiger partial charge in [0.05, 0.1) is 16.8 Å². The van der Waals surface area contributed by atoms with Gasteiger partial charge in [-0.15, -0.1) is 0 Å². The van der Waals surface area contributed by atoms with Crippen molar-refractivity contribution in [1.29, 1.82) is 0 Å². The molecule has 0 radical (unpaired) electrons. The lowest BCUT2D eigenvalue weighted by atomic mass is 10.1. The van der Waals surface area contributed by atoms with E-state index in [4.69, 9.17) is 0 Å². The fraction of sp³-hybridized carbons (Fsp3) is 0.571. The third-order valence-electron chi connectivity index (χ3n) is 1.77. The van der Waals surface area contributed by atoms with Crippen molar-refractivity contribution in [3.05, 3.63) is 32.9 Å². The minimum atomic E-state index is -2.33. The molecule has 0 aromatic heterocycles. The van der Waals surface area contributed by atoms with E-state index in [1.54, 1.807) is 0 Å². The first-order chi connectivity index (χ1) is 6.84. The molecular formula is C7H10N2O6. The first kappa shape index (κ1) is 13.0. The minimum Gasteiger partial charge on any atom is -0.462 e. The molecule has 0 aliphatic carbocycles. The van der Waals surface area contributed by atoms with E-state index in [2.05, 4.69) is 11.3 Å². The monoisotopic (exact) mass is 218 g/mol. The molecule has 0 bridgehead atoms. The Morgan fingerprint density at radius 3 is 2.27 bits per heavy atom. The second-order valence-corrected chi connectivity index (χ2v) is 2.85. The molecule has 0 heterocycles. The van der Waals surface area contributed by atoms with Crippen LogP contribution < -0.4 is 0 Å². The van der Waals surface area contributed by atoms with Crippen LogP contribution in [0.3, 0.4) is 0 Å². The number of rotatable bonds is 6. The Hall–Kier alpha value is -1.99. The average molecular weight is 218 g/mol. The number of esters is 1. The van der Waals surface area contributed by atoms with Crippen LogP contribution in [-0.4, -0.2) is 28.1 Å². The van der Waals surface area contributed by atoms with Gasteiger partial charge in [-0.25, -0.2) is 4.79 Å². The van der Waals surface area contributed by atoms with Crippen molar-refractivity contribution in [3.63, 3.8) is 0 Å². The number of nitrogens with zero attached hydrogens (tertiary/aromatic N) is 2. The molecule has 0 aliphatic heterocycles. The van der Waals surface area contributed by atoms with Crippen LogP contribution >= 0.6 is 0 Å². The van der Waals surface area contributed by atoms with E-state index in [1.165, 1.54) is 0 Å². The quantitative estimate of drug-likeness (QED) is 0.209. The maximum Gasteiger partial charge on any atom is 0.459 e. The fourth-order valence-electron chi connectivity index (χ4n) is 0.653. The van der Waals surface area contributed by atoms with E-state index in [9.17, 15) is 25.0 Å². The third kappa shape index (κ3) is 3.33. The first-order valence-corrected chi connectivity index (χ1v) is 3.92. The van der Waals surface area contributed by atoms with Gasteiger partial charge in [-0.3, -0.25) is 20.2 Å². The van der Waals surface area contributed by atoms with Crippen molar-refractivity contribution in [3.8, 4) is 0 Å². The van der Waals surface area contributed by atoms with Crippen LogP contribution in [0.5, 0.6) is 0 Å². The van der Waals surface area contributed by atoms with Gasteiger partial charge in [-0.2, -0.15) is 0 Å². The summed E-state index contributed by atoms with van der Waals surface area (Å²) in [4.78, 5) is 29.3. The Morgan fingerprint density at radius 2 is 1.93 bits per heavy atom. The average Bonchev–Trinajstić information content (AvgIpc) is 2.16. The highest BCUT2D eigenvalue weighted by Gasteiger charge is 2.50. The molecule has 0 atom stereocenters. The van der Waals surface area contributed by atoms with Crippen molar-refractivity contribution in [1.82, 2.24) is 0 Å². The summed E-state index contributed by atoms with van der Waals surface area (Å²) in [6, 6.07) is 0. The molecule has 0 aromatic rings. The Balaban J connectivity index is 4.33. The summed E-state index contributed by atoms with van der Waals surface area (Å²) in [6.07, 6.45) is 0.377. The van der Waals surface area contributed by atoms with Crippen molar-refractivity contribution >= 4 is 5.97 Å². The van der Waals surface area contributed by atoms with Gasteiger partial charge in [0.15, 0.2) is 0 Å². The van der Waals surface area contributed by atoms with Crippen molar-refractivity contribution in [2.75, 3.05) is 6.61 Å². The lowest BCUT2D eigenvalue weighted by molar-refractivity contribution is -0.793. The van der Waals surface area contributed by atoms with Crippen molar-refractivity contribution in [2.24, 2.45) is 0 Å². The topological polar surface area (TPSA) is 113 Å². The van der Waals surface area contributed by atoms with Gasteiger partial charge in [-0.05, 0) is 0 Å². The first-order valence-electron chi connectivity index (χ1n) is 3.92. The number of hydrogen-bond donors (Lipinski definition) is 0. The fourth-order valence-corrected chi connectivity index (χ4v) is 0.653. The Labute approximate surface area is 84.8 Å². The van der Waals surface area contributed by atoms with E-state index in [0.717, 1.165) is 13.0 Å². The van der Waals surface area contributed by atoms with E-state index < -0.39 is 34.5 Å². The van der Waals surface area contributed by atoms with E-state index in [1.807, 2.05) is 0 Å². The molecule has 0 saturated heterocycles. The Morgan fingerprint density at radius 1 is 1.47 bits per heavy atom. The molecule has 0 aliphatic rings. The van der Waals surface area contributed by atoms with E-state index in [-0.39, 0.29) is 0 Å². The molecule has 15 heavy (non-hydrogen) atoms. The number of nitro groups is 2. The lowest BCUT2D eigenvalue weighted by Gasteiger charge is -2.11. The standard InChI is InChI=1S/C7H10N2O6/c1-3-6(10)15-5-4-7(2,8(11)12)9(13)14/h3H,1,4-5H2,2H3. The summed E-state index contributed by atoms with van der Waals surface area (Å²) >= 11 is 0. The highest BCUT2D eigenvalue weighted by atomic mass is 16.7. The van der Waals surface area contributed by atoms with E-state index in [0.29, 0.717) is 0 Å². The summed E-state index contributed by atoms with van der Waals surface area (Å²) in [7, 11) is 0. The minimum absolute atomic E-state index is 0.399. The van der Waals surface area contributed by atoms with Gasteiger partial charge < -0.3 is 4.74 Å². The predicted molar refractivity (Wildman–Crippen MR) is 48.2 cm³/mol. The highest BCUT2D eigenvalue weighted by Crippen LogP contribution is 2.14. The molecule has 84 valence electrons. The Kier molecular flexibility index (Phi) is 4.36. The molecule has 8 nitrogen and oxygen atoms in total. The molecule has 0 aromatic carbocycles. The van der Waals surface area contributed by atoms with Gasteiger partial charge in [0.25, 0.3) is 0 Å².